The number of nitrogens with two attached hydrogens (primary N) is 1. The first kappa shape index (κ1) is 9.92. The molecule has 0 spiro atoms. The number of hydrogen-bond acceptors (Lipinski definition) is 2. The number of rotatable bonds is 3. The summed E-state index contributed by atoms with van der Waals surface area (Å²) >= 11 is 0. The van der Waals surface area contributed by atoms with Crippen molar-refractivity contribution in [3.05, 3.63) is 0 Å². The van der Waals surface area contributed by atoms with Gasteiger partial charge in [-0.3, -0.25) is 0 Å². The van der Waals surface area contributed by atoms with Gasteiger partial charge in [-0.15, -0.1) is 0 Å². The topological polar surface area (TPSA) is 46.2 Å². The summed E-state index contributed by atoms with van der Waals surface area (Å²) in [7, 11) is 0. The van der Waals surface area contributed by atoms with Crippen LogP contribution in [-0.2, 0) is 0 Å². The van der Waals surface area contributed by atoms with E-state index in [0.29, 0.717) is 12.5 Å². The molecule has 0 saturated heterocycles. The van der Waals surface area contributed by atoms with Crippen LogP contribution in [0.2, 0.25) is 0 Å². The van der Waals surface area contributed by atoms with Crippen LogP contribution in [0.15, 0.2) is 0 Å². The minimum absolute atomic E-state index is 0.234. The van der Waals surface area contributed by atoms with E-state index in [4.69, 9.17) is 10.8 Å². The van der Waals surface area contributed by atoms with Gasteiger partial charge in [-0.05, 0) is 24.3 Å². The summed E-state index contributed by atoms with van der Waals surface area (Å²) in [5.74, 6) is 0.442. The highest BCUT2D eigenvalue weighted by Gasteiger charge is 2.21. The van der Waals surface area contributed by atoms with Gasteiger partial charge in [-0.25, -0.2) is 0 Å². The van der Waals surface area contributed by atoms with E-state index in [1.165, 1.54) is 0 Å². The van der Waals surface area contributed by atoms with Crippen molar-refractivity contribution in [1.82, 2.24) is 0 Å². The van der Waals surface area contributed by atoms with E-state index in [2.05, 4.69) is 20.8 Å². The van der Waals surface area contributed by atoms with Crippen LogP contribution in [-0.4, -0.2) is 18.3 Å². The highest BCUT2D eigenvalue weighted by molar-refractivity contribution is 4.73. The van der Waals surface area contributed by atoms with Crippen LogP contribution >= 0.6 is 0 Å². The van der Waals surface area contributed by atoms with Gasteiger partial charge in [0.25, 0.3) is 0 Å². The molecule has 2 heteroatoms. The van der Waals surface area contributed by atoms with Crippen LogP contribution in [0.4, 0.5) is 0 Å². The van der Waals surface area contributed by atoms with Gasteiger partial charge in [0.05, 0.1) is 0 Å². The van der Waals surface area contributed by atoms with Crippen molar-refractivity contribution in [3.63, 3.8) is 0 Å². The summed E-state index contributed by atoms with van der Waals surface area (Å²) in [6, 6.07) is 0. The lowest BCUT2D eigenvalue weighted by atomic mass is 9.79. The van der Waals surface area contributed by atoms with Gasteiger partial charge in [0.15, 0.2) is 0 Å². The number of hydrogen-bond donors (Lipinski definition) is 2. The van der Waals surface area contributed by atoms with Gasteiger partial charge in [0, 0.05) is 6.61 Å². The van der Waals surface area contributed by atoms with Gasteiger partial charge in [0.1, 0.15) is 0 Å². The average molecular weight is 145 g/mol. The zero-order chi connectivity index (χ0) is 8.20. The predicted molar refractivity (Wildman–Crippen MR) is 43.7 cm³/mol. The molecule has 1 atom stereocenters. The lowest BCUT2D eigenvalue weighted by molar-refractivity contribution is 0.179. The maximum Gasteiger partial charge on any atom is 0.0434 e. The van der Waals surface area contributed by atoms with Gasteiger partial charge in [-0.1, -0.05) is 20.8 Å². The summed E-state index contributed by atoms with van der Waals surface area (Å²) in [6.45, 7) is 7.38. The molecule has 10 heavy (non-hydrogen) atoms. The summed E-state index contributed by atoms with van der Waals surface area (Å²) in [5, 5.41) is 8.68. The van der Waals surface area contributed by atoms with E-state index < -0.39 is 0 Å². The molecular formula is C8H19NO. The maximum atomic E-state index is 8.68. The normalized spacial score (nSPS) is 15.3. The molecule has 0 aromatic carbocycles. The Morgan fingerprint density at radius 2 is 1.90 bits per heavy atom. The Balaban J connectivity index is 3.81. The summed E-state index contributed by atoms with van der Waals surface area (Å²) in [4.78, 5) is 0. The lowest BCUT2D eigenvalue weighted by Gasteiger charge is -2.28. The molecule has 2 nitrogen and oxygen atoms in total. The largest absolute Gasteiger partial charge is 0.396 e. The number of aliphatic hydroxyl groups is 1. The van der Waals surface area contributed by atoms with Gasteiger partial charge in [-0.2, -0.15) is 0 Å². The Labute approximate surface area is 63.4 Å². The van der Waals surface area contributed by atoms with Crippen LogP contribution < -0.4 is 5.73 Å². The monoisotopic (exact) mass is 145 g/mol. The third kappa shape index (κ3) is 3.18. The molecule has 0 bridgehead atoms. The molecule has 1 unspecified atom stereocenters. The zero-order valence-electron chi connectivity index (χ0n) is 7.22. The minimum atomic E-state index is 0.234. The van der Waals surface area contributed by atoms with E-state index in [1.807, 2.05) is 0 Å². The number of aliphatic hydroxyl groups excluding tert-OH is 1. The zero-order valence-corrected chi connectivity index (χ0v) is 7.22. The summed E-state index contributed by atoms with van der Waals surface area (Å²) < 4.78 is 0. The van der Waals surface area contributed by atoms with Gasteiger partial charge < -0.3 is 10.8 Å². The fourth-order valence-electron chi connectivity index (χ4n) is 1.06. The van der Waals surface area contributed by atoms with Crippen molar-refractivity contribution in [2.75, 3.05) is 13.2 Å². The lowest BCUT2D eigenvalue weighted by Crippen LogP contribution is -2.28. The van der Waals surface area contributed by atoms with Crippen molar-refractivity contribution in [1.29, 1.82) is 0 Å². The molecule has 0 aliphatic rings. The van der Waals surface area contributed by atoms with Gasteiger partial charge in [0.2, 0.25) is 0 Å². The first-order chi connectivity index (χ1) is 4.52. The Hall–Kier alpha value is -0.0800. The molecule has 0 amide bonds. The van der Waals surface area contributed by atoms with E-state index in [9.17, 15) is 0 Å². The molecule has 0 aliphatic carbocycles. The molecule has 0 aliphatic heterocycles. The highest BCUT2D eigenvalue weighted by Crippen LogP contribution is 2.26. The van der Waals surface area contributed by atoms with Crippen LogP contribution in [0, 0.1) is 11.3 Å². The third-order valence-electron chi connectivity index (χ3n) is 1.99. The molecule has 0 aromatic heterocycles. The maximum absolute atomic E-state index is 8.68. The molecule has 3 N–H and O–H groups in total. The first-order valence-corrected chi connectivity index (χ1v) is 3.83. The summed E-state index contributed by atoms with van der Waals surface area (Å²) in [5.41, 5.74) is 5.77. The van der Waals surface area contributed by atoms with Crippen molar-refractivity contribution >= 4 is 0 Å². The van der Waals surface area contributed by atoms with Crippen molar-refractivity contribution in [2.45, 2.75) is 27.2 Å². The van der Waals surface area contributed by atoms with E-state index in [-0.39, 0.29) is 12.0 Å². The van der Waals surface area contributed by atoms with E-state index in [0.717, 1.165) is 6.42 Å². The molecule has 0 aromatic rings. The van der Waals surface area contributed by atoms with Crippen molar-refractivity contribution in [2.24, 2.45) is 17.1 Å². The fraction of sp³-hybridized carbons (Fsp3) is 1.00. The molecule has 0 fully saturated rings. The van der Waals surface area contributed by atoms with Gasteiger partial charge >= 0.3 is 0 Å². The fourth-order valence-corrected chi connectivity index (χ4v) is 1.06. The Kier molecular flexibility index (Phi) is 3.91. The molecule has 0 heterocycles. The van der Waals surface area contributed by atoms with Crippen LogP contribution in [0.5, 0.6) is 0 Å². The molecule has 0 saturated carbocycles. The van der Waals surface area contributed by atoms with Crippen molar-refractivity contribution < 1.29 is 5.11 Å². The second-order valence-corrected chi connectivity index (χ2v) is 3.81. The van der Waals surface area contributed by atoms with Crippen molar-refractivity contribution in [3.8, 4) is 0 Å². The highest BCUT2D eigenvalue weighted by atomic mass is 16.3. The second-order valence-electron chi connectivity index (χ2n) is 3.81. The predicted octanol–water partition coefficient (Wildman–Crippen LogP) is 0.990. The first-order valence-electron chi connectivity index (χ1n) is 3.83. The molecule has 0 rings (SSSR count). The smallest absolute Gasteiger partial charge is 0.0434 e. The van der Waals surface area contributed by atoms with E-state index >= 15 is 0 Å². The van der Waals surface area contributed by atoms with Crippen LogP contribution in [0.1, 0.15) is 27.2 Å². The molecular weight excluding hydrogens is 126 g/mol. The van der Waals surface area contributed by atoms with Crippen LogP contribution in [0.3, 0.4) is 0 Å². The standard InChI is InChI=1S/C8H19NO/c1-8(2,3)7(6-9)4-5-10/h7,10H,4-6,9H2,1-3H3. The molecule has 62 valence electrons. The minimum Gasteiger partial charge on any atom is -0.396 e. The third-order valence-corrected chi connectivity index (χ3v) is 1.99. The average Bonchev–Trinajstić information content (AvgIpc) is 1.80. The second kappa shape index (κ2) is 3.94. The SMILES string of the molecule is CC(C)(C)C(CN)CCO. The summed E-state index contributed by atoms with van der Waals surface area (Å²) in [6.07, 6.45) is 0.819. The Morgan fingerprint density at radius 3 is 2.00 bits per heavy atom. The Bertz CT molecular complexity index is 85.7. The van der Waals surface area contributed by atoms with E-state index in [1.54, 1.807) is 0 Å². The Morgan fingerprint density at radius 1 is 1.40 bits per heavy atom. The van der Waals surface area contributed by atoms with Crippen LogP contribution in [0.25, 0.3) is 0 Å². The molecule has 0 radical (unpaired) electrons. The quantitative estimate of drug-likeness (QED) is 0.622.